The Morgan fingerprint density at radius 3 is 2.58 bits per heavy atom. The summed E-state index contributed by atoms with van der Waals surface area (Å²) in [6.07, 6.45) is 2.59. The van der Waals surface area contributed by atoms with Gasteiger partial charge in [0.15, 0.2) is 0 Å². The summed E-state index contributed by atoms with van der Waals surface area (Å²) >= 11 is 0. The van der Waals surface area contributed by atoms with Gasteiger partial charge in [0.1, 0.15) is 17.5 Å². The van der Waals surface area contributed by atoms with E-state index in [0.29, 0.717) is 25.9 Å². The number of nitrogens with one attached hydrogen (secondary N) is 1. The summed E-state index contributed by atoms with van der Waals surface area (Å²) in [5, 5.41) is 0. The zero-order valence-corrected chi connectivity index (χ0v) is 22.0. The Hall–Kier alpha value is -2.81. The highest BCUT2D eigenvalue weighted by atomic mass is 16.6. The maximum Gasteiger partial charge on any atom is 0.410 e. The van der Waals surface area contributed by atoms with Gasteiger partial charge in [-0.3, -0.25) is 9.69 Å². The fraction of sp³-hybridized carbons (Fsp3) is 0.667. The number of nitrogens with zero attached hydrogens (tertiary/aromatic N) is 4. The molecule has 1 spiro atoms. The Morgan fingerprint density at radius 2 is 1.89 bits per heavy atom. The van der Waals surface area contributed by atoms with E-state index in [4.69, 9.17) is 9.47 Å². The minimum absolute atomic E-state index is 0.0367. The van der Waals surface area contributed by atoms with Gasteiger partial charge in [0.25, 0.3) is 0 Å². The molecule has 0 saturated carbocycles. The van der Waals surface area contributed by atoms with E-state index in [0.717, 1.165) is 62.4 Å². The number of carbonyl (C=O) groups is 2. The number of piperidine rings is 1. The number of anilines is 1. The summed E-state index contributed by atoms with van der Waals surface area (Å²) in [6, 6.07) is 6.30. The van der Waals surface area contributed by atoms with Crippen molar-refractivity contribution in [3.63, 3.8) is 0 Å². The number of benzene rings is 1. The fourth-order valence-electron chi connectivity index (χ4n) is 5.79. The van der Waals surface area contributed by atoms with Gasteiger partial charge in [0, 0.05) is 52.2 Å². The van der Waals surface area contributed by atoms with Gasteiger partial charge >= 0.3 is 12.1 Å². The first-order valence-electron chi connectivity index (χ1n) is 13.2. The number of fused-ring (bicyclic) bond motifs is 1. The van der Waals surface area contributed by atoms with Gasteiger partial charge in [-0.2, -0.15) is 0 Å². The van der Waals surface area contributed by atoms with Crippen LogP contribution in [0.2, 0.25) is 0 Å². The number of piperazine rings is 1. The standard InChI is InChI=1S/C27H39N5O4/c1-19-28-21-6-5-7-22(23(21)29-19)31-16-14-30(15-17-31)11-8-20-18-27(24(33)35-20)9-12-32(13-10-27)25(34)36-26(2,3)4/h5-7,20H,8-18H2,1-4H3,(H,28,29)/t20-/m0/s1. The largest absolute Gasteiger partial charge is 0.462 e. The molecule has 1 amide bonds. The molecule has 9 heteroatoms. The molecule has 4 heterocycles. The number of aromatic amines is 1. The van der Waals surface area contributed by atoms with Crippen molar-refractivity contribution >= 4 is 28.8 Å². The maximum absolute atomic E-state index is 12.8. The normalized spacial score (nSPS) is 22.9. The topological polar surface area (TPSA) is 91.0 Å². The van der Waals surface area contributed by atoms with Crippen molar-refractivity contribution in [2.75, 3.05) is 50.7 Å². The molecule has 3 aliphatic heterocycles. The van der Waals surface area contributed by atoms with Crippen LogP contribution in [-0.4, -0.2) is 89.3 Å². The van der Waals surface area contributed by atoms with E-state index in [9.17, 15) is 9.59 Å². The quantitative estimate of drug-likeness (QED) is 0.644. The first kappa shape index (κ1) is 24.9. The van der Waals surface area contributed by atoms with Gasteiger partial charge in [-0.25, -0.2) is 9.78 Å². The molecule has 3 fully saturated rings. The van der Waals surface area contributed by atoms with Crippen molar-refractivity contribution in [3.8, 4) is 0 Å². The second-order valence-corrected chi connectivity index (χ2v) is 11.6. The van der Waals surface area contributed by atoms with Crippen LogP contribution in [0.4, 0.5) is 10.5 Å². The number of likely N-dealkylation sites (tertiary alicyclic amines) is 1. The number of cyclic esters (lactones) is 1. The van der Waals surface area contributed by atoms with Crippen molar-refractivity contribution in [2.24, 2.45) is 5.41 Å². The first-order valence-corrected chi connectivity index (χ1v) is 13.2. The number of aryl methyl sites for hydroxylation is 1. The molecule has 9 nitrogen and oxygen atoms in total. The van der Waals surface area contributed by atoms with E-state index in [-0.39, 0.29) is 18.2 Å². The van der Waals surface area contributed by atoms with Crippen LogP contribution in [0.1, 0.15) is 52.3 Å². The third-order valence-electron chi connectivity index (χ3n) is 7.79. The van der Waals surface area contributed by atoms with Crippen molar-refractivity contribution in [2.45, 2.75) is 65.1 Å². The molecule has 196 valence electrons. The summed E-state index contributed by atoms with van der Waals surface area (Å²) in [5.41, 5.74) is 2.39. The van der Waals surface area contributed by atoms with Crippen LogP contribution in [0.15, 0.2) is 18.2 Å². The number of rotatable bonds is 4. The van der Waals surface area contributed by atoms with E-state index in [1.54, 1.807) is 4.90 Å². The van der Waals surface area contributed by atoms with E-state index >= 15 is 0 Å². The number of imidazole rings is 1. The van der Waals surface area contributed by atoms with Crippen LogP contribution in [-0.2, 0) is 14.3 Å². The molecular formula is C27H39N5O4. The van der Waals surface area contributed by atoms with Crippen LogP contribution in [0.5, 0.6) is 0 Å². The average Bonchev–Trinajstić information content (AvgIpc) is 3.36. The SMILES string of the molecule is Cc1nc2cccc(N3CCN(CC[C@H]4CC5(CCN(C(=O)OC(C)(C)C)CC5)C(=O)O4)CC3)c2[nH]1. The summed E-state index contributed by atoms with van der Waals surface area (Å²) in [5.74, 6) is 0.861. The monoisotopic (exact) mass is 497 g/mol. The lowest BCUT2D eigenvalue weighted by Crippen LogP contribution is -2.47. The lowest BCUT2D eigenvalue weighted by atomic mass is 9.76. The summed E-state index contributed by atoms with van der Waals surface area (Å²) < 4.78 is 11.3. The molecule has 0 aliphatic carbocycles. The molecule has 0 radical (unpaired) electrons. The van der Waals surface area contributed by atoms with Gasteiger partial charge in [-0.05, 0) is 59.1 Å². The van der Waals surface area contributed by atoms with E-state index in [1.165, 1.54) is 5.69 Å². The minimum atomic E-state index is -0.513. The second kappa shape index (κ2) is 9.57. The molecule has 3 aliphatic rings. The molecule has 5 rings (SSSR count). The van der Waals surface area contributed by atoms with Gasteiger partial charge < -0.3 is 24.3 Å². The average molecular weight is 498 g/mol. The number of aromatic nitrogens is 2. The molecule has 1 N–H and O–H groups in total. The number of ether oxygens (including phenoxy) is 2. The van der Waals surface area contributed by atoms with Crippen molar-refractivity contribution < 1.29 is 19.1 Å². The molecule has 0 bridgehead atoms. The number of H-pyrrole nitrogens is 1. The molecule has 2 aromatic rings. The summed E-state index contributed by atoms with van der Waals surface area (Å²) in [4.78, 5) is 39.8. The molecular weight excluding hydrogens is 458 g/mol. The predicted molar refractivity (Wildman–Crippen MR) is 138 cm³/mol. The van der Waals surface area contributed by atoms with E-state index in [1.807, 2.05) is 27.7 Å². The minimum Gasteiger partial charge on any atom is -0.462 e. The first-order chi connectivity index (χ1) is 17.1. The second-order valence-electron chi connectivity index (χ2n) is 11.6. The molecule has 1 atom stereocenters. The maximum atomic E-state index is 12.8. The predicted octanol–water partition coefficient (Wildman–Crippen LogP) is 3.72. The zero-order chi connectivity index (χ0) is 25.5. The smallest absolute Gasteiger partial charge is 0.410 e. The summed E-state index contributed by atoms with van der Waals surface area (Å²) in [7, 11) is 0. The molecule has 0 unspecified atom stereocenters. The number of esters is 1. The Kier molecular flexibility index (Phi) is 6.61. The Bertz CT molecular complexity index is 1110. The van der Waals surface area contributed by atoms with Crippen molar-refractivity contribution in [3.05, 3.63) is 24.0 Å². The van der Waals surface area contributed by atoms with E-state index in [2.05, 4.69) is 38.0 Å². The van der Waals surface area contributed by atoms with Crippen LogP contribution < -0.4 is 4.90 Å². The van der Waals surface area contributed by atoms with Crippen molar-refractivity contribution in [1.29, 1.82) is 0 Å². The highest BCUT2D eigenvalue weighted by Crippen LogP contribution is 2.44. The lowest BCUT2D eigenvalue weighted by Gasteiger charge is -2.37. The number of hydrogen-bond donors (Lipinski definition) is 1. The molecule has 3 saturated heterocycles. The van der Waals surface area contributed by atoms with Gasteiger partial charge in [0.2, 0.25) is 0 Å². The number of hydrogen-bond acceptors (Lipinski definition) is 7. The Morgan fingerprint density at radius 1 is 1.17 bits per heavy atom. The van der Waals surface area contributed by atoms with Crippen LogP contribution in [0.3, 0.4) is 0 Å². The van der Waals surface area contributed by atoms with Crippen LogP contribution in [0.25, 0.3) is 11.0 Å². The van der Waals surface area contributed by atoms with Gasteiger partial charge in [0.05, 0.1) is 22.1 Å². The summed E-state index contributed by atoms with van der Waals surface area (Å²) in [6.45, 7) is 13.5. The molecule has 1 aromatic carbocycles. The fourth-order valence-corrected chi connectivity index (χ4v) is 5.79. The highest BCUT2D eigenvalue weighted by molar-refractivity contribution is 5.89. The number of amides is 1. The third kappa shape index (κ3) is 5.16. The molecule has 36 heavy (non-hydrogen) atoms. The van der Waals surface area contributed by atoms with Crippen LogP contribution in [0, 0.1) is 12.3 Å². The zero-order valence-electron chi connectivity index (χ0n) is 22.0. The van der Waals surface area contributed by atoms with Crippen LogP contribution >= 0.6 is 0 Å². The Labute approximate surface area is 213 Å². The number of carbonyl (C=O) groups excluding carboxylic acids is 2. The lowest BCUT2D eigenvalue weighted by molar-refractivity contribution is -0.151. The Balaban J connectivity index is 1.09. The van der Waals surface area contributed by atoms with Gasteiger partial charge in [-0.15, -0.1) is 0 Å². The number of para-hydroxylation sites is 1. The molecule has 1 aromatic heterocycles. The highest BCUT2D eigenvalue weighted by Gasteiger charge is 2.51. The van der Waals surface area contributed by atoms with E-state index < -0.39 is 11.0 Å². The van der Waals surface area contributed by atoms with Crippen molar-refractivity contribution in [1.82, 2.24) is 19.8 Å². The van der Waals surface area contributed by atoms with Gasteiger partial charge in [-0.1, -0.05) is 6.07 Å². The third-order valence-corrected chi connectivity index (χ3v) is 7.79.